The van der Waals surface area contributed by atoms with E-state index in [0.29, 0.717) is 0 Å². The number of rotatable bonds is 2. The van der Waals surface area contributed by atoms with Gasteiger partial charge in [-0.05, 0) is 13.3 Å². The molecule has 2 heteroatoms. The molecule has 0 rings (SSSR count). The predicted molar refractivity (Wildman–Crippen MR) is 30.4 cm³/mol. The molecule has 0 unspecified atom stereocenters. The molecule has 0 bridgehead atoms. The second kappa shape index (κ2) is 3.65. The van der Waals surface area contributed by atoms with Gasteiger partial charge >= 0.3 is 0 Å². The molecule has 0 aliphatic heterocycles. The molecule has 0 N–H and O–H groups in total. The van der Waals surface area contributed by atoms with Gasteiger partial charge in [0.2, 0.25) is 0 Å². The molecular weight excluding hydrogens is 90.1 g/mol. The minimum Gasteiger partial charge on any atom is -0.399 e. The maximum atomic E-state index is 4.48. The molecule has 0 spiro atoms. The molecule has 0 aliphatic carbocycles. The van der Waals surface area contributed by atoms with Crippen LogP contribution in [0.2, 0.25) is 0 Å². The van der Waals surface area contributed by atoms with Crippen LogP contribution in [0.25, 0.3) is 0 Å². The first-order chi connectivity index (χ1) is 3.31. The van der Waals surface area contributed by atoms with Crippen LogP contribution in [0.15, 0.2) is 5.16 Å². The van der Waals surface area contributed by atoms with Gasteiger partial charge in [-0.1, -0.05) is 12.1 Å². The summed E-state index contributed by atoms with van der Waals surface area (Å²) in [5, 5.41) is 3.66. The van der Waals surface area contributed by atoms with Crippen LogP contribution in [0, 0.1) is 0 Å². The van der Waals surface area contributed by atoms with Crippen LogP contribution in [-0.4, -0.2) is 12.8 Å². The molecule has 0 aromatic rings. The summed E-state index contributed by atoms with van der Waals surface area (Å²) >= 11 is 0. The highest BCUT2D eigenvalue weighted by atomic mass is 16.6. The van der Waals surface area contributed by atoms with Crippen molar-refractivity contribution in [3.05, 3.63) is 0 Å². The van der Waals surface area contributed by atoms with E-state index in [-0.39, 0.29) is 0 Å². The minimum absolute atomic E-state index is 0.966. The molecule has 0 saturated carbocycles. The van der Waals surface area contributed by atoms with E-state index in [1.807, 2.05) is 13.8 Å². The summed E-state index contributed by atoms with van der Waals surface area (Å²) in [5.41, 5.74) is 1.03. The van der Waals surface area contributed by atoms with Crippen LogP contribution >= 0.6 is 0 Å². The van der Waals surface area contributed by atoms with Gasteiger partial charge in [-0.3, -0.25) is 0 Å². The lowest BCUT2D eigenvalue weighted by Gasteiger charge is -1.88. The van der Waals surface area contributed by atoms with E-state index < -0.39 is 0 Å². The van der Waals surface area contributed by atoms with Gasteiger partial charge in [0.25, 0.3) is 0 Å². The first-order valence-corrected chi connectivity index (χ1v) is 2.38. The van der Waals surface area contributed by atoms with Gasteiger partial charge in [0.1, 0.15) is 7.11 Å². The van der Waals surface area contributed by atoms with Crippen molar-refractivity contribution in [1.29, 1.82) is 0 Å². The Bertz CT molecular complexity index is 68.5. The van der Waals surface area contributed by atoms with Gasteiger partial charge in [-0.2, -0.15) is 0 Å². The van der Waals surface area contributed by atoms with E-state index in [9.17, 15) is 0 Å². The largest absolute Gasteiger partial charge is 0.399 e. The monoisotopic (exact) mass is 101 g/mol. The Morgan fingerprint density at radius 3 is 2.43 bits per heavy atom. The summed E-state index contributed by atoms with van der Waals surface area (Å²) in [6.45, 7) is 3.97. The molecule has 0 aliphatic rings. The second-order valence-electron chi connectivity index (χ2n) is 1.36. The lowest BCUT2D eigenvalue weighted by Crippen LogP contribution is -1.86. The van der Waals surface area contributed by atoms with Crippen molar-refractivity contribution in [2.24, 2.45) is 5.16 Å². The van der Waals surface area contributed by atoms with Crippen LogP contribution in [0.1, 0.15) is 20.3 Å². The molecule has 0 aromatic carbocycles. The lowest BCUT2D eigenvalue weighted by molar-refractivity contribution is 0.212. The number of nitrogens with zero attached hydrogens (tertiary/aromatic N) is 1. The quantitative estimate of drug-likeness (QED) is 0.380. The Balaban J connectivity index is 3.29. The van der Waals surface area contributed by atoms with Crippen LogP contribution in [0.5, 0.6) is 0 Å². The molecule has 0 aromatic heterocycles. The summed E-state index contributed by atoms with van der Waals surface area (Å²) in [6, 6.07) is 0. The van der Waals surface area contributed by atoms with Crippen LogP contribution in [0.4, 0.5) is 0 Å². The normalized spacial score (nSPS) is 11.6. The van der Waals surface area contributed by atoms with E-state index in [4.69, 9.17) is 0 Å². The highest BCUT2D eigenvalue weighted by molar-refractivity contribution is 5.80. The summed E-state index contributed by atoms with van der Waals surface area (Å²) in [5.74, 6) is 0. The van der Waals surface area contributed by atoms with E-state index in [1.165, 1.54) is 0 Å². The van der Waals surface area contributed by atoms with Gasteiger partial charge in [-0.15, -0.1) is 0 Å². The summed E-state index contributed by atoms with van der Waals surface area (Å²) in [6.07, 6.45) is 0.966. The lowest BCUT2D eigenvalue weighted by atomic mass is 10.3. The zero-order valence-corrected chi connectivity index (χ0v) is 5.06. The third-order valence-corrected chi connectivity index (χ3v) is 0.759. The Hall–Kier alpha value is -0.530. The molecule has 0 radical (unpaired) electrons. The maximum Gasteiger partial charge on any atom is 0.106 e. The topological polar surface area (TPSA) is 21.6 Å². The Labute approximate surface area is 44.2 Å². The highest BCUT2D eigenvalue weighted by Crippen LogP contribution is 1.81. The Kier molecular flexibility index (Phi) is 3.38. The maximum absolute atomic E-state index is 4.48. The molecule has 0 fully saturated rings. The zero-order chi connectivity index (χ0) is 5.70. The number of hydrogen-bond acceptors (Lipinski definition) is 2. The first kappa shape index (κ1) is 6.47. The average molecular weight is 101 g/mol. The van der Waals surface area contributed by atoms with Crippen molar-refractivity contribution >= 4 is 5.71 Å². The zero-order valence-electron chi connectivity index (χ0n) is 5.06. The number of oxime groups is 1. The Morgan fingerprint density at radius 1 is 1.71 bits per heavy atom. The van der Waals surface area contributed by atoms with Crippen LogP contribution in [-0.2, 0) is 4.84 Å². The summed E-state index contributed by atoms with van der Waals surface area (Å²) < 4.78 is 0. The molecule has 0 amide bonds. The first-order valence-electron chi connectivity index (χ1n) is 2.38. The highest BCUT2D eigenvalue weighted by Gasteiger charge is 1.79. The van der Waals surface area contributed by atoms with Crippen molar-refractivity contribution in [3.8, 4) is 0 Å². The fourth-order valence-electron chi connectivity index (χ4n) is 0.220. The van der Waals surface area contributed by atoms with Crippen LogP contribution < -0.4 is 0 Å². The minimum atomic E-state index is 0.966. The van der Waals surface area contributed by atoms with E-state index in [2.05, 4.69) is 9.99 Å². The van der Waals surface area contributed by atoms with Gasteiger partial charge < -0.3 is 4.84 Å². The van der Waals surface area contributed by atoms with Gasteiger partial charge in [-0.25, -0.2) is 0 Å². The van der Waals surface area contributed by atoms with Crippen molar-refractivity contribution in [3.63, 3.8) is 0 Å². The molecule has 2 nitrogen and oxygen atoms in total. The SMILES string of the molecule is CCC(C)=NOC. The summed E-state index contributed by atoms with van der Waals surface area (Å²) in [4.78, 5) is 4.48. The smallest absolute Gasteiger partial charge is 0.106 e. The Morgan fingerprint density at radius 2 is 2.29 bits per heavy atom. The molecular formula is C5H11NO. The fraction of sp³-hybridized carbons (Fsp3) is 0.800. The number of hydrogen-bond donors (Lipinski definition) is 0. The molecule has 7 heavy (non-hydrogen) atoms. The standard InChI is InChI=1S/C5H11NO/c1-4-5(2)6-7-3/h4H2,1-3H3. The fourth-order valence-corrected chi connectivity index (χ4v) is 0.220. The van der Waals surface area contributed by atoms with Crippen molar-refractivity contribution < 1.29 is 4.84 Å². The molecule has 0 saturated heterocycles. The van der Waals surface area contributed by atoms with Crippen molar-refractivity contribution in [2.45, 2.75) is 20.3 Å². The van der Waals surface area contributed by atoms with Gasteiger partial charge in [0.15, 0.2) is 0 Å². The van der Waals surface area contributed by atoms with Gasteiger partial charge in [0, 0.05) is 0 Å². The third-order valence-electron chi connectivity index (χ3n) is 0.759. The molecule has 0 atom stereocenters. The van der Waals surface area contributed by atoms with Crippen molar-refractivity contribution in [1.82, 2.24) is 0 Å². The second-order valence-corrected chi connectivity index (χ2v) is 1.36. The average Bonchev–Trinajstić information content (AvgIpc) is 1.68. The van der Waals surface area contributed by atoms with Crippen molar-refractivity contribution in [2.75, 3.05) is 7.11 Å². The third kappa shape index (κ3) is 3.30. The molecule has 42 valence electrons. The van der Waals surface area contributed by atoms with E-state index in [1.54, 1.807) is 7.11 Å². The van der Waals surface area contributed by atoms with E-state index >= 15 is 0 Å². The predicted octanol–water partition coefficient (Wildman–Crippen LogP) is 1.42. The molecule has 0 heterocycles. The van der Waals surface area contributed by atoms with E-state index in [0.717, 1.165) is 12.1 Å². The van der Waals surface area contributed by atoms with Crippen LogP contribution in [0.3, 0.4) is 0 Å². The van der Waals surface area contributed by atoms with Gasteiger partial charge in [0.05, 0.1) is 5.71 Å². The summed E-state index contributed by atoms with van der Waals surface area (Å²) in [7, 11) is 1.55.